The fourth-order valence-corrected chi connectivity index (χ4v) is 5.54. The highest BCUT2D eigenvalue weighted by Gasteiger charge is 2.43. The van der Waals surface area contributed by atoms with Crippen LogP contribution in [-0.4, -0.2) is 53.7 Å². The van der Waals surface area contributed by atoms with E-state index in [2.05, 4.69) is 15.9 Å². The maximum absolute atomic E-state index is 13.3. The van der Waals surface area contributed by atoms with Gasteiger partial charge in [0.05, 0.1) is 11.4 Å². The number of amides is 1. The summed E-state index contributed by atoms with van der Waals surface area (Å²) in [5.41, 5.74) is 2.57. The molecule has 0 aromatic heterocycles. The molecule has 1 heterocycles. The van der Waals surface area contributed by atoms with Crippen LogP contribution >= 0.6 is 15.9 Å². The van der Waals surface area contributed by atoms with Crippen LogP contribution in [0.3, 0.4) is 0 Å². The van der Waals surface area contributed by atoms with Gasteiger partial charge in [0, 0.05) is 17.6 Å². The van der Waals surface area contributed by atoms with Gasteiger partial charge in [-0.3, -0.25) is 9.59 Å². The first kappa shape index (κ1) is 23.2. The van der Waals surface area contributed by atoms with Gasteiger partial charge in [-0.25, -0.2) is 8.42 Å². The zero-order valence-corrected chi connectivity index (χ0v) is 19.9. The van der Waals surface area contributed by atoms with Crippen molar-refractivity contribution >= 4 is 37.8 Å². The van der Waals surface area contributed by atoms with Gasteiger partial charge in [-0.05, 0) is 41.0 Å². The summed E-state index contributed by atoms with van der Waals surface area (Å²) >= 11 is 3.38. The number of carboxylic acid groups (broad SMARTS) is 1. The van der Waals surface area contributed by atoms with Crippen LogP contribution in [0.25, 0.3) is 11.1 Å². The summed E-state index contributed by atoms with van der Waals surface area (Å²) in [6.45, 7) is -0.529. The molecule has 33 heavy (non-hydrogen) atoms. The summed E-state index contributed by atoms with van der Waals surface area (Å²) in [7, 11) is -4.19. The molecule has 0 bridgehead atoms. The van der Waals surface area contributed by atoms with E-state index in [0.717, 1.165) is 25.5 Å². The SMILES string of the molecule is O=C(O)C1CN(Cc2ccccc2)C(=O)CN1S(=O)(=O)c1ccc(-c2ccc(Br)cc2)cc1. The van der Waals surface area contributed by atoms with Crippen molar-refractivity contribution in [3.05, 3.63) is 88.9 Å². The number of hydrogen-bond acceptors (Lipinski definition) is 4. The topological polar surface area (TPSA) is 95.0 Å². The van der Waals surface area contributed by atoms with E-state index < -0.39 is 34.5 Å². The Morgan fingerprint density at radius 3 is 2.09 bits per heavy atom. The van der Waals surface area contributed by atoms with Crippen molar-refractivity contribution in [2.24, 2.45) is 0 Å². The largest absolute Gasteiger partial charge is 0.480 e. The highest BCUT2D eigenvalue weighted by molar-refractivity contribution is 9.10. The number of carbonyl (C=O) groups is 2. The average Bonchev–Trinajstić information content (AvgIpc) is 2.81. The van der Waals surface area contributed by atoms with Crippen LogP contribution in [-0.2, 0) is 26.2 Å². The number of rotatable bonds is 6. The van der Waals surface area contributed by atoms with Crippen LogP contribution in [0, 0.1) is 0 Å². The molecule has 0 spiro atoms. The molecule has 1 unspecified atom stereocenters. The lowest BCUT2D eigenvalue weighted by molar-refractivity contribution is -0.148. The van der Waals surface area contributed by atoms with Crippen molar-refractivity contribution in [2.45, 2.75) is 17.5 Å². The second-order valence-electron chi connectivity index (χ2n) is 7.70. The zero-order chi connectivity index (χ0) is 23.6. The molecule has 1 amide bonds. The van der Waals surface area contributed by atoms with Crippen LogP contribution in [0.1, 0.15) is 5.56 Å². The lowest BCUT2D eigenvalue weighted by Crippen LogP contribution is -2.60. The van der Waals surface area contributed by atoms with Gasteiger partial charge in [-0.15, -0.1) is 0 Å². The van der Waals surface area contributed by atoms with Gasteiger partial charge in [-0.1, -0.05) is 70.5 Å². The van der Waals surface area contributed by atoms with E-state index in [1.807, 2.05) is 54.6 Å². The predicted molar refractivity (Wildman–Crippen MR) is 127 cm³/mol. The minimum absolute atomic E-state index is 0.0566. The Morgan fingerprint density at radius 1 is 0.939 bits per heavy atom. The normalized spacial score (nSPS) is 17.2. The summed E-state index contributed by atoms with van der Waals surface area (Å²) in [5.74, 6) is -1.73. The molecule has 1 fully saturated rings. The molecule has 4 rings (SSSR count). The number of aliphatic carboxylic acids is 1. The van der Waals surface area contributed by atoms with Crippen LogP contribution < -0.4 is 0 Å². The summed E-state index contributed by atoms with van der Waals surface area (Å²) < 4.78 is 28.3. The Bertz CT molecular complexity index is 1260. The number of carbonyl (C=O) groups excluding carboxylic acids is 1. The summed E-state index contributed by atoms with van der Waals surface area (Å²) in [4.78, 5) is 26.0. The molecule has 0 saturated carbocycles. The first-order valence-corrected chi connectivity index (χ1v) is 12.4. The Balaban J connectivity index is 1.58. The van der Waals surface area contributed by atoms with E-state index in [-0.39, 0.29) is 18.0 Å². The van der Waals surface area contributed by atoms with Crippen molar-refractivity contribution in [1.82, 2.24) is 9.21 Å². The summed E-state index contributed by atoms with van der Waals surface area (Å²) in [6.07, 6.45) is 0. The van der Waals surface area contributed by atoms with Crippen LogP contribution in [0.5, 0.6) is 0 Å². The van der Waals surface area contributed by atoms with Gasteiger partial charge in [0.15, 0.2) is 0 Å². The number of piperazine rings is 1. The maximum Gasteiger partial charge on any atom is 0.323 e. The molecule has 9 heteroatoms. The van der Waals surface area contributed by atoms with Gasteiger partial charge < -0.3 is 10.0 Å². The van der Waals surface area contributed by atoms with Gasteiger partial charge in [0.25, 0.3) is 0 Å². The third-order valence-corrected chi connectivity index (χ3v) is 7.92. The van der Waals surface area contributed by atoms with Crippen LogP contribution in [0.15, 0.2) is 88.2 Å². The van der Waals surface area contributed by atoms with E-state index in [4.69, 9.17) is 0 Å². The fourth-order valence-electron chi connectivity index (χ4n) is 3.75. The van der Waals surface area contributed by atoms with Crippen molar-refractivity contribution in [3.63, 3.8) is 0 Å². The second-order valence-corrected chi connectivity index (χ2v) is 10.5. The molecule has 3 aromatic carbocycles. The molecular weight excluding hydrogens is 508 g/mol. The molecule has 1 saturated heterocycles. The van der Waals surface area contributed by atoms with Crippen molar-refractivity contribution in [1.29, 1.82) is 0 Å². The smallest absolute Gasteiger partial charge is 0.323 e. The first-order valence-electron chi connectivity index (χ1n) is 10.2. The molecule has 170 valence electrons. The molecular formula is C24H21BrN2O5S. The van der Waals surface area contributed by atoms with E-state index in [0.29, 0.717) is 0 Å². The second kappa shape index (κ2) is 9.46. The zero-order valence-electron chi connectivity index (χ0n) is 17.5. The number of sulfonamides is 1. The summed E-state index contributed by atoms with van der Waals surface area (Å²) in [6, 6.07) is 21.6. The highest BCUT2D eigenvalue weighted by Crippen LogP contribution is 2.27. The monoisotopic (exact) mass is 528 g/mol. The lowest BCUT2D eigenvalue weighted by Gasteiger charge is -2.38. The minimum Gasteiger partial charge on any atom is -0.480 e. The number of benzene rings is 3. The third-order valence-electron chi connectivity index (χ3n) is 5.52. The third kappa shape index (κ3) is 5.00. The standard InChI is InChI=1S/C24H21BrN2O5S/c25-20-10-6-18(7-11-20)19-8-12-21(13-9-19)33(31,32)27-16-23(28)26(15-22(27)24(29)30)14-17-4-2-1-3-5-17/h1-13,22H,14-16H2,(H,29,30). The maximum atomic E-state index is 13.3. The van der Waals surface area contributed by atoms with E-state index in [9.17, 15) is 23.1 Å². The molecule has 0 aliphatic carbocycles. The molecule has 1 atom stereocenters. The molecule has 7 nitrogen and oxygen atoms in total. The van der Waals surface area contributed by atoms with Gasteiger partial charge in [-0.2, -0.15) is 4.31 Å². The molecule has 0 radical (unpaired) electrons. The fraction of sp³-hybridized carbons (Fsp3) is 0.167. The predicted octanol–water partition coefficient (Wildman–Crippen LogP) is 3.60. The number of halogens is 1. The van der Waals surface area contributed by atoms with E-state index in [1.165, 1.54) is 17.0 Å². The van der Waals surface area contributed by atoms with Gasteiger partial charge in [0.1, 0.15) is 6.04 Å². The van der Waals surface area contributed by atoms with Crippen LogP contribution in [0.2, 0.25) is 0 Å². The quantitative estimate of drug-likeness (QED) is 0.527. The number of hydrogen-bond donors (Lipinski definition) is 1. The lowest BCUT2D eigenvalue weighted by atomic mass is 10.1. The Labute approximate surface area is 200 Å². The molecule has 1 aliphatic heterocycles. The minimum atomic E-state index is -4.19. The van der Waals surface area contributed by atoms with E-state index in [1.54, 1.807) is 12.1 Å². The highest BCUT2D eigenvalue weighted by atomic mass is 79.9. The molecule has 1 N–H and O–H groups in total. The van der Waals surface area contributed by atoms with Crippen molar-refractivity contribution in [3.8, 4) is 11.1 Å². The number of nitrogens with zero attached hydrogens (tertiary/aromatic N) is 2. The molecule has 1 aliphatic rings. The average molecular weight is 529 g/mol. The van der Waals surface area contributed by atoms with Crippen molar-refractivity contribution in [2.75, 3.05) is 13.1 Å². The van der Waals surface area contributed by atoms with Gasteiger partial charge in [0.2, 0.25) is 15.9 Å². The number of carboxylic acids is 1. The van der Waals surface area contributed by atoms with E-state index >= 15 is 0 Å². The first-order chi connectivity index (χ1) is 15.8. The molecule has 3 aromatic rings. The van der Waals surface area contributed by atoms with Gasteiger partial charge >= 0.3 is 5.97 Å². The Morgan fingerprint density at radius 2 is 1.52 bits per heavy atom. The Hall–Kier alpha value is -3.01. The summed E-state index contributed by atoms with van der Waals surface area (Å²) in [5, 5.41) is 9.76. The Kier molecular flexibility index (Phi) is 6.64. The van der Waals surface area contributed by atoms with Crippen LogP contribution in [0.4, 0.5) is 0 Å². The van der Waals surface area contributed by atoms with Crippen molar-refractivity contribution < 1.29 is 23.1 Å².